The van der Waals surface area contributed by atoms with Gasteiger partial charge in [0.15, 0.2) is 0 Å². The molecule has 2 saturated carbocycles. The van der Waals surface area contributed by atoms with Gasteiger partial charge in [-0.2, -0.15) is 0 Å². The summed E-state index contributed by atoms with van der Waals surface area (Å²) >= 11 is 0. The van der Waals surface area contributed by atoms with Crippen LogP contribution in [0.4, 0.5) is 0 Å². The second-order valence-electron chi connectivity index (χ2n) is 4.26. The molecule has 2 aliphatic carbocycles. The first-order chi connectivity index (χ1) is 5.99. The highest BCUT2D eigenvalue weighted by Gasteiger charge is 2.73. The summed E-state index contributed by atoms with van der Waals surface area (Å²) in [5.41, 5.74) is -0.461. The van der Waals surface area contributed by atoms with Gasteiger partial charge in [0.25, 0.3) is 0 Å². The summed E-state index contributed by atoms with van der Waals surface area (Å²) in [6.07, 6.45) is 1.39. The molecule has 72 valence electrons. The minimum atomic E-state index is -0.839. The molecule has 0 spiro atoms. The molecule has 4 unspecified atom stereocenters. The van der Waals surface area contributed by atoms with Crippen LogP contribution in [0.5, 0.6) is 0 Å². The Morgan fingerprint density at radius 1 is 1.23 bits per heavy atom. The molecule has 0 amide bonds. The van der Waals surface area contributed by atoms with Gasteiger partial charge < -0.3 is 10.2 Å². The molecule has 0 aromatic rings. The molecule has 4 nitrogen and oxygen atoms in total. The predicted molar refractivity (Wildman–Crippen MR) is 43.1 cm³/mol. The Kier molecular flexibility index (Phi) is 1.47. The Balaban J connectivity index is 2.22. The summed E-state index contributed by atoms with van der Waals surface area (Å²) in [6.45, 7) is 1.79. The van der Waals surface area contributed by atoms with Gasteiger partial charge in [-0.1, -0.05) is 6.92 Å². The van der Waals surface area contributed by atoms with Crippen LogP contribution in [0.1, 0.15) is 19.8 Å². The maximum Gasteiger partial charge on any atom is 0.307 e. The summed E-state index contributed by atoms with van der Waals surface area (Å²) in [7, 11) is 0. The lowest BCUT2D eigenvalue weighted by molar-refractivity contribution is -0.145. The van der Waals surface area contributed by atoms with E-state index in [1.807, 2.05) is 0 Å². The van der Waals surface area contributed by atoms with Crippen molar-refractivity contribution >= 4 is 11.9 Å². The average molecular weight is 184 g/mol. The highest BCUT2D eigenvalue weighted by molar-refractivity contribution is 5.81. The zero-order chi connectivity index (χ0) is 9.80. The van der Waals surface area contributed by atoms with Crippen LogP contribution in [0.15, 0.2) is 0 Å². The Morgan fingerprint density at radius 3 is 2.23 bits per heavy atom. The lowest BCUT2D eigenvalue weighted by Crippen LogP contribution is -2.24. The first kappa shape index (κ1) is 8.53. The number of carboxylic acids is 2. The predicted octanol–water partition coefficient (Wildman–Crippen LogP) is 0.818. The lowest BCUT2D eigenvalue weighted by Gasteiger charge is -2.15. The topological polar surface area (TPSA) is 74.6 Å². The van der Waals surface area contributed by atoms with Crippen molar-refractivity contribution in [1.29, 1.82) is 0 Å². The Labute approximate surface area is 75.6 Å². The molecule has 2 N–H and O–H groups in total. The largest absolute Gasteiger partial charge is 0.481 e. The van der Waals surface area contributed by atoms with E-state index in [1.165, 1.54) is 0 Å². The average Bonchev–Trinajstić information content (AvgIpc) is 2.44. The monoisotopic (exact) mass is 184 g/mol. The maximum atomic E-state index is 10.8. The summed E-state index contributed by atoms with van der Waals surface area (Å²) in [6, 6.07) is 0. The van der Waals surface area contributed by atoms with E-state index in [2.05, 4.69) is 0 Å². The van der Waals surface area contributed by atoms with Gasteiger partial charge in [-0.25, -0.2) is 0 Å². The van der Waals surface area contributed by atoms with E-state index in [0.717, 1.165) is 6.42 Å². The second-order valence-corrected chi connectivity index (χ2v) is 4.26. The number of carbonyl (C=O) groups is 2. The normalized spacial score (nSPS) is 47.0. The molecular formula is C9H12O4. The first-order valence-corrected chi connectivity index (χ1v) is 4.45. The third-order valence-corrected chi connectivity index (χ3v) is 3.84. The number of aliphatic carboxylic acids is 2. The van der Waals surface area contributed by atoms with Crippen molar-refractivity contribution in [3.8, 4) is 0 Å². The van der Waals surface area contributed by atoms with Gasteiger partial charge in [-0.15, -0.1) is 0 Å². The molecule has 2 aliphatic rings. The molecule has 4 atom stereocenters. The molecule has 2 rings (SSSR count). The van der Waals surface area contributed by atoms with E-state index >= 15 is 0 Å². The quantitative estimate of drug-likeness (QED) is 0.666. The van der Waals surface area contributed by atoms with Crippen molar-refractivity contribution in [3.05, 3.63) is 0 Å². The molecular weight excluding hydrogens is 172 g/mol. The fourth-order valence-corrected chi connectivity index (χ4v) is 3.06. The molecule has 2 fully saturated rings. The molecule has 0 bridgehead atoms. The van der Waals surface area contributed by atoms with E-state index in [9.17, 15) is 9.59 Å². The third kappa shape index (κ3) is 0.857. The molecule has 0 radical (unpaired) electrons. The van der Waals surface area contributed by atoms with E-state index < -0.39 is 29.2 Å². The molecule has 0 aromatic carbocycles. The van der Waals surface area contributed by atoms with Crippen LogP contribution < -0.4 is 0 Å². The molecule has 0 aromatic heterocycles. The number of rotatable bonds is 2. The second kappa shape index (κ2) is 2.25. The van der Waals surface area contributed by atoms with E-state index in [-0.39, 0.29) is 5.92 Å². The Bertz CT molecular complexity index is 285. The maximum absolute atomic E-state index is 10.8. The fourth-order valence-electron chi connectivity index (χ4n) is 3.06. The van der Waals surface area contributed by atoms with Crippen molar-refractivity contribution in [2.45, 2.75) is 19.8 Å². The van der Waals surface area contributed by atoms with Gasteiger partial charge in [0.2, 0.25) is 0 Å². The Morgan fingerprint density at radius 2 is 1.85 bits per heavy atom. The third-order valence-electron chi connectivity index (χ3n) is 3.84. The molecule has 0 saturated heterocycles. The van der Waals surface area contributed by atoms with E-state index in [0.29, 0.717) is 6.42 Å². The molecule has 0 heterocycles. The molecule has 4 heteroatoms. The van der Waals surface area contributed by atoms with Crippen molar-refractivity contribution in [2.24, 2.45) is 23.2 Å². The number of fused-ring (bicyclic) bond motifs is 1. The summed E-state index contributed by atoms with van der Waals surface area (Å²) in [5, 5.41) is 17.7. The zero-order valence-corrected chi connectivity index (χ0v) is 7.36. The van der Waals surface area contributed by atoms with Crippen LogP contribution in [-0.2, 0) is 9.59 Å². The Hall–Kier alpha value is -1.06. The van der Waals surface area contributed by atoms with E-state index in [4.69, 9.17) is 10.2 Å². The van der Waals surface area contributed by atoms with Gasteiger partial charge in [0, 0.05) is 0 Å². The molecule has 0 aliphatic heterocycles. The fraction of sp³-hybridized carbons (Fsp3) is 0.778. The first-order valence-electron chi connectivity index (χ1n) is 4.45. The number of hydrogen-bond donors (Lipinski definition) is 2. The van der Waals surface area contributed by atoms with Gasteiger partial charge in [0.05, 0.1) is 11.8 Å². The summed E-state index contributed by atoms with van der Waals surface area (Å²) in [4.78, 5) is 21.6. The highest BCUT2D eigenvalue weighted by atomic mass is 16.4. The van der Waals surface area contributed by atoms with Gasteiger partial charge >= 0.3 is 11.9 Å². The van der Waals surface area contributed by atoms with Crippen LogP contribution in [0, 0.1) is 23.2 Å². The lowest BCUT2D eigenvalue weighted by atomic mass is 9.89. The number of hydrogen-bond acceptors (Lipinski definition) is 2. The smallest absolute Gasteiger partial charge is 0.307 e. The van der Waals surface area contributed by atoms with Crippen molar-refractivity contribution in [3.63, 3.8) is 0 Å². The van der Waals surface area contributed by atoms with Crippen LogP contribution >= 0.6 is 0 Å². The highest BCUT2D eigenvalue weighted by Crippen LogP contribution is 2.70. The van der Waals surface area contributed by atoms with Crippen LogP contribution in [0.3, 0.4) is 0 Å². The standard InChI is InChI=1S/C9H12O4/c1-9-4(6(9)8(12)13)2-3-5(9)7(10)11/h4-6H,2-3H2,1H3,(H,10,11)(H,12,13). The molecule has 13 heavy (non-hydrogen) atoms. The van der Waals surface area contributed by atoms with Crippen molar-refractivity contribution in [2.75, 3.05) is 0 Å². The summed E-state index contributed by atoms with van der Waals surface area (Å²) in [5.74, 6) is -2.43. The SMILES string of the molecule is CC12C(C(=O)O)CCC1C2C(=O)O. The minimum Gasteiger partial charge on any atom is -0.481 e. The van der Waals surface area contributed by atoms with Gasteiger partial charge in [0.1, 0.15) is 0 Å². The van der Waals surface area contributed by atoms with Crippen LogP contribution in [0.25, 0.3) is 0 Å². The van der Waals surface area contributed by atoms with Gasteiger partial charge in [-0.3, -0.25) is 9.59 Å². The van der Waals surface area contributed by atoms with Gasteiger partial charge in [-0.05, 0) is 24.2 Å². The van der Waals surface area contributed by atoms with Crippen LogP contribution in [-0.4, -0.2) is 22.2 Å². The minimum absolute atomic E-state index is 0.103. The van der Waals surface area contributed by atoms with Crippen LogP contribution in [0.2, 0.25) is 0 Å². The van der Waals surface area contributed by atoms with Crippen molar-refractivity contribution in [1.82, 2.24) is 0 Å². The number of carboxylic acid groups (broad SMARTS) is 2. The zero-order valence-electron chi connectivity index (χ0n) is 7.36. The summed E-state index contributed by atoms with van der Waals surface area (Å²) < 4.78 is 0. The van der Waals surface area contributed by atoms with Crippen molar-refractivity contribution < 1.29 is 19.8 Å². The van der Waals surface area contributed by atoms with E-state index in [1.54, 1.807) is 6.92 Å².